The number of aromatic nitrogens is 4. The summed E-state index contributed by atoms with van der Waals surface area (Å²) in [5.41, 5.74) is 0. The van der Waals surface area contributed by atoms with Crippen molar-refractivity contribution in [2.24, 2.45) is 0 Å². The number of nitro groups is 2. The predicted octanol–water partition coefficient (Wildman–Crippen LogP) is -7.54. The molecule has 0 radical (unpaired) electrons. The minimum Gasteiger partial charge on any atom is -0.652 e. The van der Waals surface area contributed by atoms with Gasteiger partial charge in [-0.1, -0.05) is 9.97 Å². The summed E-state index contributed by atoms with van der Waals surface area (Å²) in [5, 5.41) is 58.4. The molecule has 0 spiro atoms. The first-order chi connectivity index (χ1) is 16.0. The normalized spacial score (nSPS) is 8.89. The number of rotatable bonds is 10. The zero-order valence-electron chi connectivity index (χ0n) is 19.3. The van der Waals surface area contributed by atoms with E-state index in [4.69, 9.17) is 25.2 Å². The molecule has 21 heteroatoms. The fourth-order valence-corrected chi connectivity index (χ4v) is 2.19. The third-order valence-corrected chi connectivity index (χ3v) is 3.42. The Morgan fingerprint density at radius 3 is 1.36 bits per heavy atom. The molecule has 188 valence electrons. The number of amides is 2. The molecule has 2 amide bonds. The van der Waals surface area contributed by atoms with Crippen molar-refractivity contribution in [2.45, 2.75) is 25.9 Å². The molecule has 0 saturated heterocycles. The molecule has 0 aliphatic rings. The number of hydrogen-bond donors (Lipinski definition) is 4. The maximum absolute atomic E-state index is 10.4. The number of imidazole rings is 2. The van der Waals surface area contributed by atoms with Crippen LogP contribution in [0.15, 0.2) is 24.8 Å². The van der Waals surface area contributed by atoms with Crippen LogP contribution in [0.3, 0.4) is 0 Å². The molecule has 0 unspecified atom stereocenters. The van der Waals surface area contributed by atoms with E-state index in [1.807, 2.05) is 0 Å². The van der Waals surface area contributed by atoms with Crippen LogP contribution in [-0.4, -0.2) is 70.6 Å². The van der Waals surface area contributed by atoms with E-state index in [-0.39, 0.29) is 163 Å². The molecule has 2 rings (SSSR count). The average molecular weight is 754 g/mol. The Balaban J connectivity index is -0.000000502. The van der Waals surface area contributed by atoms with Gasteiger partial charge in [0.05, 0.1) is 13.1 Å². The van der Waals surface area contributed by atoms with Gasteiger partial charge in [0.15, 0.2) is 0 Å². The van der Waals surface area contributed by atoms with Gasteiger partial charge in [-0.15, -0.1) is 0 Å². The monoisotopic (exact) mass is 754 g/mol. The third-order valence-electron chi connectivity index (χ3n) is 3.42. The summed E-state index contributed by atoms with van der Waals surface area (Å²) in [4.78, 5) is 55.4. The second kappa shape index (κ2) is 23.3. The predicted molar refractivity (Wildman–Crippen MR) is 104 cm³/mol. The van der Waals surface area contributed by atoms with E-state index < -0.39 is 28.2 Å². The third kappa shape index (κ3) is 20.2. The van der Waals surface area contributed by atoms with E-state index in [0.717, 1.165) is 0 Å². The van der Waals surface area contributed by atoms with Crippen molar-refractivity contribution in [3.8, 4) is 0 Å². The van der Waals surface area contributed by atoms with E-state index in [1.54, 1.807) is 0 Å². The first-order valence-electron chi connectivity index (χ1n) is 9.08. The van der Waals surface area contributed by atoms with Crippen LogP contribution in [0.25, 0.3) is 0 Å². The molecule has 0 fully saturated rings. The van der Waals surface area contributed by atoms with Gasteiger partial charge in [0.1, 0.15) is 24.8 Å². The van der Waals surface area contributed by atoms with Gasteiger partial charge in [0.25, 0.3) is 0 Å². The Kier molecular flexibility index (Phi) is 25.6. The standard InChI is InChI=1S/2C7H10N4O4.CH2O3.2Cs/c2*12-7(13)9-2-1-4-10-5-3-8-6(10)11(14)15;2-1(3)4;;/h2*3,5,9H,1-2,4H2,(H,12,13);(H2,2,3,4);;/q;;;2*+1/p-2. The molecule has 0 bridgehead atoms. The fraction of sp³-hybridized carbons (Fsp3) is 0.400. The Hall–Kier alpha value is -0.866. The number of nitrogens with zero attached hydrogens (tertiary/aromatic N) is 6. The Labute approximate surface area is 320 Å². The number of aryl methyl sites for hydroxylation is 2. The van der Waals surface area contributed by atoms with Crippen LogP contribution in [0.2, 0.25) is 0 Å². The summed E-state index contributed by atoms with van der Waals surface area (Å²) in [7, 11) is 0. The van der Waals surface area contributed by atoms with Crippen LogP contribution in [0.5, 0.6) is 0 Å². The van der Waals surface area contributed by atoms with Crippen molar-refractivity contribution in [3.63, 3.8) is 0 Å². The molecule has 19 nitrogen and oxygen atoms in total. The molecule has 0 aromatic carbocycles. The smallest absolute Gasteiger partial charge is 0.652 e. The first kappa shape index (κ1) is 39.6. The second-order valence-electron chi connectivity index (χ2n) is 5.78. The summed E-state index contributed by atoms with van der Waals surface area (Å²) >= 11 is 0. The maximum atomic E-state index is 10.4. The summed E-state index contributed by atoms with van der Waals surface area (Å²) in [6.45, 7) is 1.22. The van der Waals surface area contributed by atoms with Crippen molar-refractivity contribution in [3.05, 3.63) is 45.0 Å². The zero-order chi connectivity index (χ0) is 26.1. The number of carboxylic acid groups (broad SMARTS) is 4. The van der Waals surface area contributed by atoms with Gasteiger partial charge in [0, 0.05) is 13.1 Å². The van der Waals surface area contributed by atoms with E-state index in [1.165, 1.54) is 33.9 Å². The molecule has 2 aromatic heterocycles. The van der Waals surface area contributed by atoms with Crippen molar-refractivity contribution >= 4 is 30.2 Å². The topological polar surface area (TPSA) is 284 Å². The Morgan fingerprint density at radius 1 is 0.806 bits per heavy atom. The van der Waals surface area contributed by atoms with Crippen LogP contribution >= 0.6 is 0 Å². The number of carbonyl (C=O) groups excluding carboxylic acids is 1. The molecule has 0 atom stereocenters. The number of hydrogen-bond acceptors (Lipinski definition) is 11. The van der Waals surface area contributed by atoms with Crippen LogP contribution in [0.1, 0.15) is 12.8 Å². The van der Waals surface area contributed by atoms with Gasteiger partial charge in [-0.25, -0.2) is 18.7 Å². The molecule has 36 heavy (non-hydrogen) atoms. The van der Waals surface area contributed by atoms with E-state index in [2.05, 4.69) is 20.6 Å². The van der Waals surface area contributed by atoms with Gasteiger partial charge in [-0.05, 0) is 28.8 Å². The molecule has 2 heterocycles. The Morgan fingerprint density at radius 2 is 1.11 bits per heavy atom. The van der Waals surface area contributed by atoms with Gasteiger partial charge >= 0.3 is 162 Å². The molecule has 2 aromatic rings. The summed E-state index contributed by atoms with van der Waals surface area (Å²) in [6.07, 6.45) is 2.06. The summed E-state index contributed by atoms with van der Waals surface area (Å²) in [6, 6.07) is 0. The minimum atomic E-state index is -2.33. The molecule has 0 saturated carbocycles. The molecule has 4 N–H and O–H groups in total. The molecular formula is C15H20Cs2N8O11. The van der Waals surface area contributed by atoms with Gasteiger partial charge in [0.2, 0.25) is 0 Å². The van der Waals surface area contributed by atoms with Crippen LogP contribution in [0, 0.1) is 20.2 Å². The summed E-state index contributed by atoms with van der Waals surface area (Å²) in [5.74, 6) is -0.462. The number of nitrogens with one attached hydrogen (secondary N) is 2. The maximum Gasteiger partial charge on any atom is 1.00 e. The zero-order valence-corrected chi connectivity index (χ0v) is 31.9. The van der Waals surface area contributed by atoms with Gasteiger partial charge < -0.3 is 56.1 Å². The summed E-state index contributed by atoms with van der Waals surface area (Å²) < 4.78 is 2.73. The van der Waals surface area contributed by atoms with Crippen LogP contribution in [0.4, 0.5) is 26.3 Å². The quantitative estimate of drug-likeness (QED) is 0.0998. The van der Waals surface area contributed by atoms with E-state index in [9.17, 15) is 29.8 Å². The fourth-order valence-electron chi connectivity index (χ4n) is 2.19. The van der Waals surface area contributed by atoms with E-state index in [0.29, 0.717) is 25.9 Å². The van der Waals surface area contributed by atoms with Crippen molar-refractivity contribution < 1.29 is 182 Å². The van der Waals surface area contributed by atoms with Gasteiger partial charge in [-0.2, -0.15) is 0 Å². The van der Waals surface area contributed by atoms with E-state index >= 15 is 0 Å². The van der Waals surface area contributed by atoms with Crippen molar-refractivity contribution in [1.29, 1.82) is 0 Å². The molecular weight excluding hydrogens is 734 g/mol. The van der Waals surface area contributed by atoms with Crippen LogP contribution < -0.4 is 159 Å². The minimum absolute atomic E-state index is 0. The molecule has 0 aliphatic carbocycles. The SMILES string of the molecule is O=C(O)NCCCn1ccnc1[N+](=O)[O-].O=C(O)NCCCn1ccnc1[N+](=O)[O-].O=C([O-])[O-].[Cs+].[Cs+]. The van der Waals surface area contributed by atoms with Crippen molar-refractivity contribution in [2.75, 3.05) is 13.1 Å². The first-order valence-corrected chi connectivity index (χ1v) is 9.08. The number of carbonyl (C=O) groups is 3. The Bertz CT molecular complexity index is 895. The average Bonchev–Trinajstić information content (AvgIpc) is 3.38. The largest absolute Gasteiger partial charge is 1.00 e. The molecule has 0 aliphatic heterocycles. The van der Waals surface area contributed by atoms with Gasteiger partial charge in [-0.3, -0.25) is 0 Å². The van der Waals surface area contributed by atoms with Crippen LogP contribution in [-0.2, 0) is 13.1 Å². The van der Waals surface area contributed by atoms with Crippen molar-refractivity contribution in [1.82, 2.24) is 29.7 Å². The second-order valence-corrected chi connectivity index (χ2v) is 5.78.